The van der Waals surface area contributed by atoms with Gasteiger partial charge in [-0.2, -0.15) is 0 Å². The molecule has 8 nitrogen and oxygen atoms in total. The number of rotatable bonds is 3. The first-order valence-corrected chi connectivity index (χ1v) is 6.98. The van der Waals surface area contributed by atoms with Crippen molar-refractivity contribution in [1.82, 2.24) is 20.2 Å². The van der Waals surface area contributed by atoms with Crippen molar-refractivity contribution in [3.63, 3.8) is 0 Å². The minimum atomic E-state index is -0.720. The van der Waals surface area contributed by atoms with Gasteiger partial charge < -0.3 is 14.2 Å². The summed E-state index contributed by atoms with van der Waals surface area (Å²) in [6.45, 7) is 0.378. The van der Waals surface area contributed by atoms with E-state index in [9.17, 15) is 4.79 Å². The van der Waals surface area contributed by atoms with Crippen molar-refractivity contribution in [3.8, 4) is 17.1 Å². The molecule has 1 aromatic carbocycles. The third kappa shape index (κ3) is 2.08. The van der Waals surface area contributed by atoms with E-state index in [0.29, 0.717) is 18.9 Å². The average Bonchev–Trinajstić information content (AvgIpc) is 3.20. The van der Waals surface area contributed by atoms with Crippen LogP contribution in [-0.4, -0.2) is 52.1 Å². The highest BCUT2D eigenvalue weighted by Crippen LogP contribution is 2.34. The molecule has 3 atom stereocenters. The molecule has 0 unspecified atom stereocenters. The van der Waals surface area contributed by atoms with Crippen molar-refractivity contribution in [1.29, 1.82) is 0 Å². The Kier molecular flexibility index (Phi) is 3.12. The summed E-state index contributed by atoms with van der Waals surface area (Å²) >= 11 is 0. The Hall–Kier alpha value is -2.32. The summed E-state index contributed by atoms with van der Waals surface area (Å²) in [5.41, 5.74) is 0.847. The number of methoxy groups -OCH3 is 1. The van der Waals surface area contributed by atoms with Crippen molar-refractivity contribution in [2.75, 3.05) is 13.7 Å². The molecular formula is C14H14N4O4. The van der Waals surface area contributed by atoms with Crippen LogP contribution < -0.4 is 4.74 Å². The number of nitrogens with zero attached hydrogens (tertiary/aromatic N) is 4. The van der Waals surface area contributed by atoms with E-state index in [2.05, 4.69) is 15.5 Å². The molecule has 0 radical (unpaired) electrons. The molecule has 114 valence electrons. The molecule has 4 rings (SSSR count). The topological polar surface area (TPSA) is 88.4 Å². The van der Waals surface area contributed by atoms with Gasteiger partial charge in [0.05, 0.1) is 19.8 Å². The van der Waals surface area contributed by atoms with Crippen molar-refractivity contribution in [3.05, 3.63) is 24.3 Å². The third-order valence-electron chi connectivity index (χ3n) is 3.97. The summed E-state index contributed by atoms with van der Waals surface area (Å²) in [6, 6.07) is 7.18. The molecule has 0 spiro atoms. The molecule has 0 N–H and O–H groups in total. The molecular weight excluding hydrogens is 288 g/mol. The number of hydrogen-bond donors (Lipinski definition) is 0. The first-order chi connectivity index (χ1) is 10.8. The third-order valence-corrected chi connectivity index (χ3v) is 3.97. The van der Waals surface area contributed by atoms with Crippen LogP contribution in [0.4, 0.5) is 0 Å². The Morgan fingerprint density at radius 3 is 2.91 bits per heavy atom. The molecule has 2 aliphatic rings. The predicted octanol–water partition coefficient (Wildman–Crippen LogP) is 0.604. The second-order valence-corrected chi connectivity index (χ2v) is 5.25. The van der Waals surface area contributed by atoms with E-state index >= 15 is 0 Å². The normalized spacial score (nSPS) is 27.1. The molecule has 3 heterocycles. The van der Waals surface area contributed by atoms with Crippen LogP contribution in [0, 0.1) is 0 Å². The van der Waals surface area contributed by atoms with Crippen LogP contribution in [-0.2, 0) is 14.3 Å². The molecule has 22 heavy (non-hydrogen) atoms. The minimum absolute atomic E-state index is 0.0741. The second-order valence-electron chi connectivity index (χ2n) is 5.25. The lowest BCUT2D eigenvalue weighted by Gasteiger charge is -2.26. The van der Waals surface area contributed by atoms with Gasteiger partial charge in [0.15, 0.2) is 11.6 Å². The number of carbonyl (C=O) groups excluding carboxylic acids is 1. The highest BCUT2D eigenvalue weighted by Gasteiger charge is 2.45. The molecule has 8 heteroatoms. The standard InChI is InChI=1S/C14H14N4O4/c1-20-9-4-2-8(3-5-9)13-15-16-17-18(13)10-6-11(19)14-21-7-12(10)22-14/h2-5,10,12,14H,6-7H2,1H3/t10-,12-,14+/m1/s1. The first kappa shape index (κ1) is 13.4. The maximum Gasteiger partial charge on any atom is 0.218 e. The van der Waals surface area contributed by atoms with E-state index in [1.54, 1.807) is 11.8 Å². The van der Waals surface area contributed by atoms with Gasteiger partial charge in [-0.15, -0.1) is 5.10 Å². The molecule has 0 saturated carbocycles. The Bertz CT molecular complexity index is 699. The summed E-state index contributed by atoms with van der Waals surface area (Å²) in [4.78, 5) is 11.9. The Labute approximate surface area is 126 Å². The maximum atomic E-state index is 11.9. The smallest absolute Gasteiger partial charge is 0.218 e. The van der Waals surface area contributed by atoms with Gasteiger partial charge in [0.1, 0.15) is 11.9 Å². The molecule has 2 fully saturated rings. The fourth-order valence-electron chi connectivity index (χ4n) is 2.82. The molecule has 0 amide bonds. The highest BCUT2D eigenvalue weighted by atomic mass is 16.7. The number of carbonyl (C=O) groups is 1. The Balaban J connectivity index is 1.68. The van der Waals surface area contributed by atoms with Gasteiger partial charge in [-0.3, -0.25) is 4.79 Å². The average molecular weight is 302 g/mol. The molecule has 2 aromatic rings. The number of Topliss-reactive ketones (excluding diaryl/α,β-unsaturated/α-hetero) is 1. The number of ether oxygens (including phenoxy) is 3. The van der Waals surface area contributed by atoms with E-state index in [-0.39, 0.29) is 17.9 Å². The van der Waals surface area contributed by atoms with Crippen LogP contribution in [0.2, 0.25) is 0 Å². The van der Waals surface area contributed by atoms with E-state index < -0.39 is 6.29 Å². The SMILES string of the molecule is COc1ccc(-c2nnnn2[C@@H]2CC(=O)[C@H]3OC[C@H]2O3)cc1. The number of tetrazole rings is 1. The zero-order valence-corrected chi connectivity index (χ0v) is 11.9. The van der Waals surface area contributed by atoms with Gasteiger partial charge >= 0.3 is 0 Å². The lowest BCUT2D eigenvalue weighted by atomic mass is 10.0. The molecule has 2 aliphatic heterocycles. The monoisotopic (exact) mass is 302 g/mol. The van der Waals surface area contributed by atoms with Gasteiger partial charge in [0, 0.05) is 12.0 Å². The van der Waals surface area contributed by atoms with Crippen LogP contribution in [0.25, 0.3) is 11.4 Å². The lowest BCUT2D eigenvalue weighted by molar-refractivity contribution is -0.156. The van der Waals surface area contributed by atoms with Crippen molar-refractivity contribution in [2.24, 2.45) is 0 Å². The fraction of sp³-hybridized carbons (Fsp3) is 0.429. The number of ketones is 1. The van der Waals surface area contributed by atoms with Gasteiger partial charge in [-0.1, -0.05) is 0 Å². The summed E-state index contributed by atoms with van der Waals surface area (Å²) < 4.78 is 17.7. The molecule has 2 bridgehead atoms. The van der Waals surface area contributed by atoms with E-state index in [1.165, 1.54) is 0 Å². The van der Waals surface area contributed by atoms with Crippen molar-refractivity contribution < 1.29 is 19.0 Å². The van der Waals surface area contributed by atoms with Gasteiger partial charge in [-0.05, 0) is 34.7 Å². The maximum absolute atomic E-state index is 11.9. The number of benzene rings is 1. The molecule has 2 saturated heterocycles. The van der Waals surface area contributed by atoms with Crippen LogP contribution in [0.15, 0.2) is 24.3 Å². The van der Waals surface area contributed by atoms with Crippen LogP contribution in [0.1, 0.15) is 12.5 Å². The highest BCUT2D eigenvalue weighted by molar-refractivity contribution is 5.83. The minimum Gasteiger partial charge on any atom is -0.497 e. The van der Waals surface area contributed by atoms with Crippen LogP contribution in [0.3, 0.4) is 0 Å². The van der Waals surface area contributed by atoms with Gasteiger partial charge in [-0.25, -0.2) is 4.68 Å². The zero-order chi connectivity index (χ0) is 15.1. The lowest BCUT2D eigenvalue weighted by Crippen LogP contribution is -2.37. The zero-order valence-electron chi connectivity index (χ0n) is 11.9. The first-order valence-electron chi connectivity index (χ1n) is 6.98. The number of aromatic nitrogens is 4. The van der Waals surface area contributed by atoms with Crippen LogP contribution >= 0.6 is 0 Å². The summed E-state index contributed by atoms with van der Waals surface area (Å²) in [5.74, 6) is 1.27. The second kappa shape index (κ2) is 5.15. The Morgan fingerprint density at radius 2 is 2.14 bits per heavy atom. The van der Waals surface area contributed by atoms with E-state index in [0.717, 1.165) is 11.3 Å². The molecule has 1 aromatic heterocycles. The van der Waals surface area contributed by atoms with E-state index in [4.69, 9.17) is 14.2 Å². The van der Waals surface area contributed by atoms with Crippen molar-refractivity contribution >= 4 is 5.78 Å². The van der Waals surface area contributed by atoms with Crippen LogP contribution in [0.5, 0.6) is 5.75 Å². The predicted molar refractivity (Wildman–Crippen MR) is 73.1 cm³/mol. The molecule has 0 aliphatic carbocycles. The Morgan fingerprint density at radius 1 is 1.32 bits per heavy atom. The van der Waals surface area contributed by atoms with E-state index in [1.807, 2.05) is 24.3 Å². The van der Waals surface area contributed by atoms with Gasteiger partial charge in [0.2, 0.25) is 6.29 Å². The summed E-state index contributed by atoms with van der Waals surface area (Å²) in [7, 11) is 1.61. The number of fused-ring (bicyclic) bond motifs is 2. The summed E-state index contributed by atoms with van der Waals surface area (Å²) in [5, 5.41) is 11.9. The van der Waals surface area contributed by atoms with Gasteiger partial charge in [0.25, 0.3) is 0 Å². The number of hydrogen-bond acceptors (Lipinski definition) is 7. The quantitative estimate of drug-likeness (QED) is 0.820. The fourth-order valence-corrected chi connectivity index (χ4v) is 2.82. The summed E-state index contributed by atoms with van der Waals surface area (Å²) in [6.07, 6.45) is -0.617. The largest absolute Gasteiger partial charge is 0.497 e. The van der Waals surface area contributed by atoms with Crippen molar-refractivity contribution in [2.45, 2.75) is 24.9 Å².